The standard InChI is InChI=1S/C9H14F3N3O/c1-6(2)4-15-8(13-5-14-15)3-7(16)9(10,11)12/h5-7,16H,3-4H2,1-2H3. The van der Waals surface area contributed by atoms with Gasteiger partial charge in [-0.2, -0.15) is 18.3 Å². The van der Waals surface area contributed by atoms with Crippen molar-refractivity contribution < 1.29 is 18.3 Å². The third-order valence-electron chi connectivity index (χ3n) is 1.99. The van der Waals surface area contributed by atoms with E-state index < -0.39 is 18.7 Å². The Hall–Kier alpha value is -1.11. The van der Waals surface area contributed by atoms with Crippen LogP contribution in [0.4, 0.5) is 13.2 Å². The molecule has 1 N–H and O–H groups in total. The fraction of sp³-hybridized carbons (Fsp3) is 0.778. The van der Waals surface area contributed by atoms with Crippen molar-refractivity contribution in [2.24, 2.45) is 5.92 Å². The summed E-state index contributed by atoms with van der Waals surface area (Å²) < 4.78 is 37.8. The average Bonchev–Trinajstić information content (AvgIpc) is 2.50. The lowest BCUT2D eigenvalue weighted by Gasteiger charge is -2.15. The summed E-state index contributed by atoms with van der Waals surface area (Å²) in [6.45, 7) is 4.33. The second-order valence-electron chi connectivity index (χ2n) is 4.01. The molecule has 0 saturated heterocycles. The highest BCUT2D eigenvalue weighted by molar-refractivity contribution is 4.89. The maximum Gasteiger partial charge on any atom is 0.414 e. The molecule has 0 fully saturated rings. The number of nitrogens with zero attached hydrogens (tertiary/aromatic N) is 3. The fourth-order valence-electron chi connectivity index (χ4n) is 1.23. The Bertz CT molecular complexity index is 335. The number of rotatable bonds is 4. The van der Waals surface area contributed by atoms with Gasteiger partial charge in [0.1, 0.15) is 12.2 Å². The van der Waals surface area contributed by atoms with E-state index in [1.54, 1.807) is 0 Å². The van der Waals surface area contributed by atoms with Crippen molar-refractivity contribution in [3.8, 4) is 0 Å². The van der Waals surface area contributed by atoms with Crippen LogP contribution in [0.25, 0.3) is 0 Å². The summed E-state index contributed by atoms with van der Waals surface area (Å²) in [6.07, 6.45) is -6.37. The Kier molecular flexibility index (Phi) is 3.90. The Morgan fingerprint density at radius 3 is 2.56 bits per heavy atom. The molecule has 0 aliphatic rings. The molecular weight excluding hydrogens is 223 g/mol. The summed E-state index contributed by atoms with van der Waals surface area (Å²) in [5.74, 6) is 0.405. The molecular formula is C9H14F3N3O. The Morgan fingerprint density at radius 2 is 2.06 bits per heavy atom. The van der Waals surface area contributed by atoms with Gasteiger partial charge in [0.25, 0.3) is 0 Å². The number of halogens is 3. The van der Waals surface area contributed by atoms with Crippen LogP contribution in [0.3, 0.4) is 0 Å². The summed E-state index contributed by atoms with van der Waals surface area (Å²) in [4.78, 5) is 3.71. The number of aliphatic hydroxyl groups excluding tert-OH is 1. The van der Waals surface area contributed by atoms with Gasteiger partial charge in [0.15, 0.2) is 6.10 Å². The van der Waals surface area contributed by atoms with Crippen LogP contribution in [0.15, 0.2) is 6.33 Å². The molecule has 1 heterocycles. The number of hydrogen-bond donors (Lipinski definition) is 1. The van der Waals surface area contributed by atoms with Gasteiger partial charge in [-0.25, -0.2) is 9.67 Å². The predicted octanol–water partition coefficient (Wildman–Crippen LogP) is 1.40. The summed E-state index contributed by atoms with van der Waals surface area (Å²) in [7, 11) is 0. The van der Waals surface area contributed by atoms with E-state index in [2.05, 4.69) is 10.1 Å². The Morgan fingerprint density at radius 1 is 1.44 bits per heavy atom. The zero-order valence-corrected chi connectivity index (χ0v) is 9.07. The largest absolute Gasteiger partial charge is 0.414 e. The number of aromatic nitrogens is 3. The van der Waals surface area contributed by atoms with E-state index in [1.165, 1.54) is 11.0 Å². The normalized spacial score (nSPS) is 14.4. The van der Waals surface area contributed by atoms with E-state index in [4.69, 9.17) is 5.11 Å². The molecule has 7 heteroatoms. The zero-order chi connectivity index (χ0) is 12.3. The van der Waals surface area contributed by atoms with Crippen LogP contribution in [0.1, 0.15) is 19.7 Å². The molecule has 1 unspecified atom stereocenters. The van der Waals surface area contributed by atoms with Crippen molar-refractivity contribution in [3.63, 3.8) is 0 Å². The molecule has 0 bridgehead atoms. The highest BCUT2D eigenvalue weighted by Crippen LogP contribution is 2.22. The van der Waals surface area contributed by atoms with Crippen molar-refractivity contribution in [2.75, 3.05) is 0 Å². The van der Waals surface area contributed by atoms with Crippen molar-refractivity contribution >= 4 is 0 Å². The predicted molar refractivity (Wildman–Crippen MR) is 50.6 cm³/mol. The van der Waals surface area contributed by atoms with Crippen molar-refractivity contribution in [1.29, 1.82) is 0 Å². The highest BCUT2D eigenvalue weighted by Gasteiger charge is 2.39. The van der Waals surface area contributed by atoms with Gasteiger partial charge < -0.3 is 5.11 Å². The average molecular weight is 237 g/mol. The first-order valence-corrected chi connectivity index (χ1v) is 4.92. The van der Waals surface area contributed by atoms with E-state index in [9.17, 15) is 13.2 Å². The number of hydrogen-bond acceptors (Lipinski definition) is 3. The molecule has 1 aromatic heterocycles. The van der Waals surface area contributed by atoms with Crippen LogP contribution >= 0.6 is 0 Å². The second-order valence-corrected chi connectivity index (χ2v) is 4.01. The maximum absolute atomic E-state index is 12.1. The van der Waals surface area contributed by atoms with Gasteiger partial charge in [-0.05, 0) is 5.92 Å². The zero-order valence-electron chi connectivity index (χ0n) is 9.07. The summed E-state index contributed by atoms with van der Waals surface area (Å²) in [6, 6.07) is 0. The number of alkyl halides is 3. The van der Waals surface area contributed by atoms with Gasteiger partial charge in [-0.15, -0.1) is 0 Å². The third kappa shape index (κ3) is 3.48. The molecule has 1 rings (SSSR count). The van der Waals surface area contributed by atoms with Gasteiger partial charge in [0, 0.05) is 13.0 Å². The number of aliphatic hydroxyl groups is 1. The van der Waals surface area contributed by atoms with Gasteiger partial charge in [-0.3, -0.25) is 0 Å². The molecule has 0 radical (unpaired) electrons. The third-order valence-corrected chi connectivity index (χ3v) is 1.99. The van der Waals surface area contributed by atoms with E-state index in [-0.39, 0.29) is 11.7 Å². The van der Waals surface area contributed by atoms with Crippen LogP contribution in [0.2, 0.25) is 0 Å². The van der Waals surface area contributed by atoms with Crippen LogP contribution in [0.5, 0.6) is 0 Å². The molecule has 1 aromatic rings. The fourth-order valence-corrected chi connectivity index (χ4v) is 1.23. The lowest BCUT2D eigenvalue weighted by molar-refractivity contribution is -0.203. The summed E-state index contributed by atoms with van der Waals surface area (Å²) in [5.41, 5.74) is 0. The minimum absolute atomic E-state index is 0.151. The minimum atomic E-state index is -4.62. The van der Waals surface area contributed by atoms with Crippen LogP contribution in [-0.4, -0.2) is 32.2 Å². The first-order chi connectivity index (χ1) is 7.30. The van der Waals surface area contributed by atoms with Gasteiger partial charge in [0.05, 0.1) is 0 Å². The lowest BCUT2D eigenvalue weighted by Crippen LogP contribution is -2.31. The van der Waals surface area contributed by atoms with Crippen LogP contribution in [-0.2, 0) is 13.0 Å². The molecule has 0 saturated carbocycles. The minimum Gasteiger partial charge on any atom is -0.383 e. The van der Waals surface area contributed by atoms with Gasteiger partial charge >= 0.3 is 6.18 Å². The SMILES string of the molecule is CC(C)Cn1ncnc1CC(O)C(F)(F)F. The first kappa shape index (κ1) is 13.0. The monoisotopic (exact) mass is 237 g/mol. The Labute approximate surface area is 91.1 Å². The summed E-state index contributed by atoms with van der Waals surface area (Å²) >= 11 is 0. The quantitative estimate of drug-likeness (QED) is 0.861. The van der Waals surface area contributed by atoms with Gasteiger partial charge in [0.2, 0.25) is 0 Å². The van der Waals surface area contributed by atoms with Crippen LogP contribution in [0, 0.1) is 5.92 Å². The molecule has 0 aliphatic carbocycles. The molecule has 0 aliphatic heterocycles. The molecule has 0 spiro atoms. The van der Waals surface area contributed by atoms with E-state index in [0.717, 1.165) is 0 Å². The van der Waals surface area contributed by atoms with Crippen LogP contribution < -0.4 is 0 Å². The molecule has 1 atom stereocenters. The molecule has 0 aromatic carbocycles. The first-order valence-electron chi connectivity index (χ1n) is 4.92. The van der Waals surface area contributed by atoms with E-state index in [0.29, 0.717) is 6.54 Å². The molecule has 0 amide bonds. The second kappa shape index (κ2) is 4.82. The van der Waals surface area contributed by atoms with Crippen molar-refractivity contribution in [1.82, 2.24) is 14.8 Å². The summed E-state index contributed by atoms with van der Waals surface area (Å²) in [5, 5.41) is 12.7. The van der Waals surface area contributed by atoms with Crippen molar-refractivity contribution in [3.05, 3.63) is 12.2 Å². The lowest BCUT2D eigenvalue weighted by atomic mass is 10.2. The Balaban J connectivity index is 2.70. The smallest absolute Gasteiger partial charge is 0.383 e. The molecule has 16 heavy (non-hydrogen) atoms. The van der Waals surface area contributed by atoms with E-state index in [1.807, 2.05) is 13.8 Å². The molecule has 92 valence electrons. The topological polar surface area (TPSA) is 50.9 Å². The highest BCUT2D eigenvalue weighted by atomic mass is 19.4. The van der Waals surface area contributed by atoms with Crippen molar-refractivity contribution in [2.45, 2.75) is 39.1 Å². The molecule has 4 nitrogen and oxygen atoms in total. The van der Waals surface area contributed by atoms with Gasteiger partial charge in [-0.1, -0.05) is 13.8 Å². The maximum atomic E-state index is 12.1. The van der Waals surface area contributed by atoms with E-state index >= 15 is 0 Å².